The molecule has 3 aromatic rings. The summed E-state index contributed by atoms with van der Waals surface area (Å²) in [4.78, 5) is 23.2. The van der Waals surface area contributed by atoms with Gasteiger partial charge in [0.05, 0.1) is 14.2 Å². The molecule has 28 heavy (non-hydrogen) atoms. The predicted molar refractivity (Wildman–Crippen MR) is 100 cm³/mol. The summed E-state index contributed by atoms with van der Waals surface area (Å²) >= 11 is 0. The standard InChI is InChI=1S/C20H20N4O4/c1-26-16-9-8-13(12-17(16)27-2)18-22-19(28-23-18)15-7-5-11-24(15)20(25)14-6-3-4-10-21-14/h3-4,6,8-10,12,15H,5,7,11H2,1-2H3/t15-/m1/s1. The lowest BCUT2D eigenvalue weighted by Crippen LogP contribution is -2.31. The summed E-state index contributed by atoms with van der Waals surface area (Å²) in [6, 6.07) is 10.5. The van der Waals surface area contributed by atoms with Crippen LogP contribution in [0.25, 0.3) is 11.4 Å². The fraction of sp³-hybridized carbons (Fsp3) is 0.300. The van der Waals surface area contributed by atoms with Crippen molar-refractivity contribution in [1.29, 1.82) is 0 Å². The van der Waals surface area contributed by atoms with E-state index in [1.165, 1.54) is 0 Å². The first-order valence-corrected chi connectivity index (χ1v) is 8.99. The minimum absolute atomic E-state index is 0.131. The lowest BCUT2D eigenvalue weighted by Gasteiger charge is -2.21. The van der Waals surface area contributed by atoms with E-state index in [4.69, 9.17) is 14.0 Å². The molecule has 8 nitrogen and oxygen atoms in total. The maximum atomic E-state index is 12.8. The first-order valence-electron chi connectivity index (χ1n) is 8.99. The monoisotopic (exact) mass is 380 g/mol. The number of nitrogens with zero attached hydrogens (tertiary/aromatic N) is 4. The molecule has 0 saturated carbocycles. The van der Waals surface area contributed by atoms with Crippen LogP contribution in [0.2, 0.25) is 0 Å². The second-order valence-electron chi connectivity index (χ2n) is 6.40. The van der Waals surface area contributed by atoms with Crippen molar-refractivity contribution >= 4 is 5.91 Å². The Balaban J connectivity index is 1.59. The average Bonchev–Trinajstić information content (AvgIpc) is 3.42. The zero-order valence-electron chi connectivity index (χ0n) is 15.7. The van der Waals surface area contributed by atoms with E-state index >= 15 is 0 Å². The van der Waals surface area contributed by atoms with Crippen molar-refractivity contribution < 1.29 is 18.8 Å². The van der Waals surface area contributed by atoms with E-state index in [0.717, 1.165) is 18.4 Å². The number of likely N-dealkylation sites (tertiary alicyclic amines) is 1. The van der Waals surface area contributed by atoms with Crippen LogP contribution in [-0.2, 0) is 0 Å². The number of carbonyl (C=O) groups excluding carboxylic acids is 1. The molecular weight excluding hydrogens is 360 g/mol. The van der Waals surface area contributed by atoms with E-state index in [9.17, 15) is 4.79 Å². The van der Waals surface area contributed by atoms with Gasteiger partial charge >= 0.3 is 0 Å². The molecule has 1 aliphatic heterocycles. The van der Waals surface area contributed by atoms with Gasteiger partial charge in [0.25, 0.3) is 5.91 Å². The number of amides is 1. The summed E-state index contributed by atoms with van der Waals surface area (Å²) in [5, 5.41) is 4.09. The number of aromatic nitrogens is 3. The first kappa shape index (κ1) is 18.0. The third-order valence-electron chi connectivity index (χ3n) is 4.77. The predicted octanol–water partition coefficient (Wildman–Crippen LogP) is 3.13. The van der Waals surface area contributed by atoms with Gasteiger partial charge in [-0.3, -0.25) is 9.78 Å². The molecule has 0 radical (unpaired) electrons. The highest BCUT2D eigenvalue weighted by Gasteiger charge is 2.35. The number of benzene rings is 1. The van der Waals surface area contributed by atoms with Crippen molar-refractivity contribution in [3.63, 3.8) is 0 Å². The minimum atomic E-state index is -0.254. The normalized spacial score (nSPS) is 16.2. The van der Waals surface area contributed by atoms with E-state index in [0.29, 0.717) is 35.5 Å². The Hall–Kier alpha value is -3.42. The lowest BCUT2D eigenvalue weighted by atomic mass is 10.2. The molecule has 2 aromatic heterocycles. The number of pyridine rings is 1. The van der Waals surface area contributed by atoms with Gasteiger partial charge < -0.3 is 18.9 Å². The largest absolute Gasteiger partial charge is 0.493 e. The Morgan fingerprint density at radius 1 is 1.18 bits per heavy atom. The zero-order valence-corrected chi connectivity index (χ0v) is 15.7. The van der Waals surface area contributed by atoms with Crippen molar-refractivity contribution in [2.24, 2.45) is 0 Å². The average molecular weight is 380 g/mol. The molecule has 1 atom stereocenters. The molecule has 1 amide bonds. The fourth-order valence-electron chi connectivity index (χ4n) is 3.37. The van der Waals surface area contributed by atoms with E-state index in [1.807, 2.05) is 6.07 Å². The molecule has 0 N–H and O–H groups in total. The van der Waals surface area contributed by atoms with Gasteiger partial charge in [-0.1, -0.05) is 11.2 Å². The van der Waals surface area contributed by atoms with E-state index in [-0.39, 0.29) is 11.9 Å². The molecule has 3 heterocycles. The fourth-order valence-corrected chi connectivity index (χ4v) is 3.37. The highest BCUT2D eigenvalue weighted by Crippen LogP contribution is 2.35. The number of methoxy groups -OCH3 is 2. The SMILES string of the molecule is COc1ccc(-c2noc([C@H]3CCCN3C(=O)c3ccccn3)n2)cc1OC. The summed E-state index contributed by atoms with van der Waals surface area (Å²) in [6.45, 7) is 0.633. The molecule has 0 unspecified atom stereocenters. The van der Waals surface area contributed by atoms with Gasteiger partial charge in [-0.25, -0.2) is 0 Å². The Morgan fingerprint density at radius 3 is 2.79 bits per heavy atom. The first-order chi connectivity index (χ1) is 13.7. The summed E-state index contributed by atoms with van der Waals surface area (Å²) in [7, 11) is 3.15. The Morgan fingerprint density at radius 2 is 2.04 bits per heavy atom. The van der Waals surface area contributed by atoms with Crippen LogP contribution in [0.5, 0.6) is 11.5 Å². The highest BCUT2D eigenvalue weighted by atomic mass is 16.5. The molecular formula is C20H20N4O4. The Labute approximate surface area is 162 Å². The molecule has 1 fully saturated rings. The highest BCUT2D eigenvalue weighted by molar-refractivity contribution is 5.92. The zero-order chi connectivity index (χ0) is 19.5. The maximum Gasteiger partial charge on any atom is 0.273 e. The molecule has 1 aromatic carbocycles. The molecule has 4 rings (SSSR count). The van der Waals surface area contributed by atoms with Gasteiger partial charge in [-0.05, 0) is 43.2 Å². The topological polar surface area (TPSA) is 90.6 Å². The maximum absolute atomic E-state index is 12.8. The Kier molecular flexibility index (Phi) is 4.92. The summed E-state index contributed by atoms with van der Waals surface area (Å²) in [5.41, 5.74) is 1.15. The van der Waals surface area contributed by atoms with Crippen LogP contribution in [0.3, 0.4) is 0 Å². The van der Waals surface area contributed by atoms with Gasteiger partial charge in [0.2, 0.25) is 11.7 Å². The van der Waals surface area contributed by atoms with Crippen molar-refractivity contribution in [3.8, 4) is 22.9 Å². The molecule has 0 bridgehead atoms. The summed E-state index contributed by atoms with van der Waals surface area (Å²) < 4.78 is 16.1. The molecule has 0 spiro atoms. The van der Waals surface area contributed by atoms with Gasteiger partial charge in [0, 0.05) is 18.3 Å². The van der Waals surface area contributed by atoms with Crippen LogP contribution in [0.1, 0.15) is 35.3 Å². The second-order valence-corrected chi connectivity index (χ2v) is 6.40. The quantitative estimate of drug-likeness (QED) is 0.671. The third-order valence-corrected chi connectivity index (χ3v) is 4.77. The number of rotatable bonds is 5. The van der Waals surface area contributed by atoms with Crippen LogP contribution in [0.15, 0.2) is 47.1 Å². The molecule has 1 saturated heterocycles. The van der Waals surface area contributed by atoms with Crippen LogP contribution in [0.4, 0.5) is 0 Å². The molecule has 0 aliphatic carbocycles. The number of carbonyl (C=O) groups is 1. The molecule has 1 aliphatic rings. The van der Waals surface area contributed by atoms with Crippen molar-refractivity contribution in [2.45, 2.75) is 18.9 Å². The number of hydrogen-bond donors (Lipinski definition) is 0. The van der Waals surface area contributed by atoms with Crippen LogP contribution in [0, 0.1) is 0 Å². The summed E-state index contributed by atoms with van der Waals surface area (Å²) in [5.74, 6) is 1.94. The minimum Gasteiger partial charge on any atom is -0.493 e. The van der Waals surface area contributed by atoms with E-state index in [2.05, 4.69) is 15.1 Å². The number of ether oxygens (including phenoxy) is 2. The molecule has 144 valence electrons. The van der Waals surface area contributed by atoms with Crippen LogP contribution >= 0.6 is 0 Å². The third kappa shape index (κ3) is 3.28. The van der Waals surface area contributed by atoms with Gasteiger partial charge in [-0.15, -0.1) is 0 Å². The molecule has 8 heteroatoms. The van der Waals surface area contributed by atoms with Crippen LogP contribution < -0.4 is 9.47 Å². The van der Waals surface area contributed by atoms with Crippen molar-refractivity contribution in [1.82, 2.24) is 20.0 Å². The summed E-state index contributed by atoms with van der Waals surface area (Å²) in [6.07, 6.45) is 3.25. The second kappa shape index (κ2) is 7.67. The number of hydrogen-bond acceptors (Lipinski definition) is 7. The Bertz CT molecular complexity index is 973. The smallest absolute Gasteiger partial charge is 0.273 e. The van der Waals surface area contributed by atoms with Crippen molar-refractivity contribution in [2.75, 3.05) is 20.8 Å². The van der Waals surface area contributed by atoms with E-state index in [1.54, 1.807) is 55.6 Å². The van der Waals surface area contributed by atoms with Crippen LogP contribution in [-0.4, -0.2) is 46.7 Å². The van der Waals surface area contributed by atoms with Gasteiger partial charge in [0.15, 0.2) is 11.5 Å². The van der Waals surface area contributed by atoms with Gasteiger partial charge in [0.1, 0.15) is 11.7 Å². The van der Waals surface area contributed by atoms with Gasteiger partial charge in [-0.2, -0.15) is 4.98 Å². The lowest BCUT2D eigenvalue weighted by molar-refractivity contribution is 0.0704. The van der Waals surface area contributed by atoms with Crippen molar-refractivity contribution in [3.05, 3.63) is 54.2 Å². The van der Waals surface area contributed by atoms with E-state index < -0.39 is 0 Å².